The van der Waals surface area contributed by atoms with E-state index in [1.807, 2.05) is 25.1 Å². The minimum Gasteiger partial charge on any atom is -0.325 e. The maximum absolute atomic E-state index is 12.1. The van der Waals surface area contributed by atoms with Crippen molar-refractivity contribution in [2.24, 2.45) is 0 Å². The number of benzene rings is 2. The highest BCUT2D eigenvalue weighted by Crippen LogP contribution is 2.24. The maximum Gasteiger partial charge on any atom is 0.269 e. The molecule has 0 heterocycles. The Morgan fingerprint density at radius 2 is 1.91 bits per heavy atom. The Hall–Kier alpha value is -2.34. The topological polar surface area (TPSA) is 72.2 Å². The quantitative estimate of drug-likeness (QED) is 0.489. The van der Waals surface area contributed by atoms with E-state index in [-0.39, 0.29) is 17.3 Å². The number of rotatable bonds is 6. The van der Waals surface area contributed by atoms with Crippen LogP contribution in [0.15, 0.2) is 47.4 Å². The van der Waals surface area contributed by atoms with Crippen molar-refractivity contribution in [2.45, 2.75) is 25.2 Å². The summed E-state index contributed by atoms with van der Waals surface area (Å²) in [7, 11) is 0. The number of nitrogens with one attached hydrogen (secondary N) is 1. The third-order valence-corrected chi connectivity index (χ3v) is 4.43. The average Bonchev–Trinajstić information content (AvgIpc) is 2.55. The van der Waals surface area contributed by atoms with E-state index in [4.69, 9.17) is 0 Å². The van der Waals surface area contributed by atoms with Crippen LogP contribution in [0.3, 0.4) is 0 Å². The van der Waals surface area contributed by atoms with E-state index >= 15 is 0 Å². The molecule has 0 saturated heterocycles. The van der Waals surface area contributed by atoms with Crippen LogP contribution in [-0.4, -0.2) is 16.6 Å². The fraction of sp³-hybridized carbons (Fsp3) is 0.235. The van der Waals surface area contributed by atoms with Gasteiger partial charge in [0.1, 0.15) is 0 Å². The van der Waals surface area contributed by atoms with Crippen LogP contribution < -0.4 is 5.32 Å². The van der Waals surface area contributed by atoms with E-state index in [1.54, 1.807) is 12.1 Å². The summed E-state index contributed by atoms with van der Waals surface area (Å²) in [6.45, 7) is 4.02. The molecule has 0 bridgehead atoms. The van der Waals surface area contributed by atoms with Gasteiger partial charge in [0, 0.05) is 22.7 Å². The zero-order chi connectivity index (χ0) is 16.8. The predicted molar refractivity (Wildman–Crippen MR) is 93.0 cm³/mol. The van der Waals surface area contributed by atoms with Crippen LogP contribution in [0.25, 0.3) is 0 Å². The number of hydrogen-bond acceptors (Lipinski definition) is 4. The summed E-state index contributed by atoms with van der Waals surface area (Å²) in [5.74, 6) is 0.173. The summed E-state index contributed by atoms with van der Waals surface area (Å²) in [6.07, 6.45) is 0.854. The molecule has 0 spiro atoms. The van der Waals surface area contributed by atoms with Crippen LogP contribution in [0.5, 0.6) is 0 Å². The van der Waals surface area contributed by atoms with Gasteiger partial charge < -0.3 is 5.32 Å². The van der Waals surface area contributed by atoms with Gasteiger partial charge in [-0.25, -0.2) is 0 Å². The highest BCUT2D eigenvalue weighted by molar-refractivity contribution is 8.00. The number of nitrogens with zero attached hydrogens (tertiary/aromatic N) is 1. The first-order chi connectivity index (χ1) is 11.0. The van der Waals surface area contributed by atoms with Gasteiger partial charge in [-0.1, -0.05) is 25.1 Å². The van der Waals surface area contributed by atoms with Gasteiger partial charge in [0.25, 0.3) is 5.69 Å². The number of thioether (sulfide) groups is 1. The molecule has 2 rings (SSSR count). The largest absolute Gasteiger partial charge is 0.325 e. The van der Waals surface area contributed by atoms with Gasteiger partial charge in [0.2, 0.25) is 5.91 Å². The highest BCUT2D eigenvalue weighted by Gasteiger charge is 2.10. The molecule has 0 aliphatic rings. The van der Waals surface area contributed by atoms with Gasteiger partial charge in [-0.3, -0.25) is 14.9 Å². The molecule has 0 unspecified atom stereocenters. The molecule has 1 amide bonds. The fourth-order valence-electron chi connectivity index (χ4n) is 2.19. The van der Waals surface area contributed by atoms with E-state index in [2.05, 4.69) is 12.2 Å². The first-order valence-corrected chi connectivity index (χ1v) is 8.25. The van der Waals surface area contributed by atoms with Gasteiger partial charge in [-0.2, -0.15) is 0 Å². The van der Waals surface area contributed by atoms with Gasteiger partial charge in [0.05, 0.1) is 10.7 Å². The molecular formula is C17H18N2O3S. The second-order valence-electron chi connectivity index (χ2n) is 5.05. The Bertz CT molecular complexity index is 714. The van der Waals surface area contributed by atoms with Gasteiger partial charge in [0.15, 0.2) is 0 Å². The monoisotopic (exact) mass is 330 g/mol. The molecule has 120 valence electrons. The van der Waals surface area contributed by atoms with E-state index in [1.165, 1.54) is 23.9 Å². The van der Waals surface area contributed by atoms with Crippen molar-refractivity contribution in [2.75, 3.05) is 11.1 Å². The molecule has 0 saturated carbocycles. The molecule has 0 fully saturated rings. The number of carbonyl (C=O) groups excluding carboxylic acids is 1. The predicted octanol–water partition coefficient (Wildman–Crippen LogP) is 4.20. The van der Waals surface area contributed by atoms with Crippen LogP contribution in [0.1, 0.15) is 18.1 Å². The molecule has 6 heteroatoms. The summed E-state index contributed by atoms with van der Waals surface area (Å²) in [6, 6.07) is 12.1. The third-order valence-electron chi connectivity index (χ3n) is 3.42. The lowest BCUT2D eigenvalue weighted by Gasteiger charge is -2.12. The van der Waals surface area contributed by atoms with Crippen LogP contribution in [0, 0.1) is 17.0 Å². The molecule has 0 aliphatic carbocycles. The van der Waals surface area contributed by atoms with Crippen molar-refractivity contribution in [1.29, 1.82) is 0 Å². The summed E-state index contributed by atoms with van der Waals surface area (Å²) in [5, 5.41) is 13.6. The second kappa shape index (κ2) is 7.78. The van der Waals surface area contributed by atoms with Crippen molar-refractivity contribution < 1.29 is 9.72 Å². The first-order valence-electron chi connectivity index (χ1n) is 7.27. The molecule has 2 aromatic rings. The van der Waals surface area contributed by atoms with Gasteiger partial charge in [-0.05, 0) is 36.6 Å². The normalized spacial score (nSPS) is 10.3. The lowest BCUT2D eigenvalue weighted by Crippen LogP contribution is -2.16. The molecule has 0 aliphatic heterocycles. The first kappa shape index (κ1) is 17.0. The van der Waals surface area contributed by atoms with E-state index in [0.29, 0.717) is 0 Å². The zero-order valence-corrected chi connectivity index (χ0v) is 13.9. The molecule has 1 N–H and O–H groups in total. The maximum atomic E-state index is 12.1. The summed E-state index contributed by atoms with van der Waals surface area (Å²) >= 11 is 1.35. The molecule has 0 radical (unpaired) electrons. The number of amides is 1. The standard InChI is InChI=1S/C17H18N2O3S/c1-3-13-6-4-5-12(2)17(13)18-16(20)11-23-15-9-7-14(8-10-15)19(21)22/h4-10H,3,11H2,1-2H3,(H,18,20). The van der Waals surface area contributed by atoms with Crippen LogP contribution in [0.2, 0.25) is 0 Å². The number of hydrogen-bond donors (Lipinski definition) is 1. The Labute approximate surface area is 139 Å². The number of carbonyl (C=O) groups is 1. The SMILES string of the molecule is CCc1cccc(C)c1NC(=O)CSc1ccc([N+](=O)[O-])cc1. The summed E-state index contributed by atoms with van der Waals surface area (Å²) < 4.78 is 0. The Morgan fingerprint density at radius 3 is 2.52 bits per heavy atom. The van der Waals surface area contributed by atoms with Gasteiger partial charge >= 0.3 is 0 Å². The Balaban J connectivity index is 1.97. The highest BCUT2D eigenvalue weighted by atomic mass is 32.2. The number of para-hydroxylation sites is 1. The Morgan fingerprint density at radius 1 is 1.22 bits per heavy atom. The number of anilines is 1. The molecule has 23 heavy (non-hydrogen) atoms. The number of nitro benzene ring substituents is 1. The Kier molecular flexibility index (Phi) is 5.76. The third kappa shape index (κ3) is 4.56. The van der Waals surface area contributed by atoms with Crippen molar-refractivity contribution in [3.63, 3.8) is 0 Å². The van der Waals surface area contributed by atoms with E-state index < -0.39 is 4.92 Å². The molecule has 0 atom stereocenters. The zero-order valence-electron chi connectivity index (χ0n) is 13.0. The minimum absolute atomic E-state index is 0.0475. The summed E-state index contributed by atoms with van der Waals surface area (Å²) in [5.41, 5.74) is 3.08. The van der Waals surface area contributed by atoms with Crippen LogP contribution in [0.4, 0.5) is 11.4 Å². The lowest BCUT2D eigenvalue weighted by molar-refractivity contribution is -0.384. The minimum atomic E-state index is -0.439. The van der Waals surface area contributed by atoms with E-state index in [0.717, 1.165) is 28.1 Å². The van der Waals surface area contributed by atoms with Crippen LogP contribution in [-0.2, 0) is 11.2 Å². The summed E-state index contributed by atoms with van der Waals surface area (Å²) in [4.78, 5) is 23.1. The lowest BCUT2D eigenvalue weighted by atomic mass is 10.1. The average molecular weight is 330 g/mol. The molecule has 5 nitrogen and oxygen atoms in total. The number of aryl methyl sites for hydroxylation is 2. The molecule has 0 aromatic heterocycles. The van der Waals surface area contributed by atoms with E-state index in [9.17, 15) is 14.9 Å². The van der Waals surface area contributed by atoms with Crippen molar-refractivity contribution in [1.82, 2.24) is 0 Å². The van der Waals surface area contributed by atoms with Gasteiger partial charge in [-0.15, -0.1) is 11.8 Å². The fourth-order valence-corrected chi connectivity index (χ4v) is 2.89. The van der Waals surface area contributed by atoms with Crippen LogP contribution >= 0.6 is 11.8 Å². The van der Waals surface area contributed by atoms with Crippen molar-refractivity contribution >= 4 is 29.0 Å². The van der Waals surface area contributed by atoms with Crippen molar-refractivity contribution in [3.05, 3.63) is 63.7 Å². The second-order valence-corrected chi connectivity index (χ2v) is 6.10. The molecule has 2 aromatic carbocycles. The van der Waals surface area contributed by atoms with Crippen molar-refractivity contribution in [3.8, 4) is 0 Å². The smallest absolute Gasteiger partial charge is 0.269 e. The number of non-ortho nitro benzene ring substituents is 1. The number of nitro groups is 1. The molecular weight excluding hydrogens is 312 g/mol.